The number of carbonyl (C=O) groups is 3. The SMILES string of the molecule is CCC/C=C/CCCCCCCCCC[N+](CCCC(=O)[O-])(CCCC(=O)O)CCCC(=O)O. The normalized spacial score (nSPS) is 11.8. The van der Waals surface area contributed by atoms with Crippen LogP contribution >= 0.6 is 0 Å². The van der Waals surface area contributed by atoms with Crippen molar-refractivity contribution < 1.29 is 34.2 Å². The van der Waals surface area contributed by atoms with E-state index in [2.05, 4.69) is 19.1 Å². The van der Waals surface area contributed by atoms with Crippen LogP contribution in [-0.4, -0.2) is 58.8 Å². The summed E-state index contributed by atoms with van der Waals surface area (Å²) < 4.78 is 0.611. The molecule has 0 bridgehead atoms. The molecule has 0 aromatic rings. The molecule has 0 radical (unpaired) electrons. The minimum absolute atomic E-state index is 0.0216. The zero-order valence-corrected chi connectivity index (χ0v) is 21.5. The molecule has 0 heterocycles. The molecule has 0 fully saturated rings. The van der Waals surface area contributed by atoms with Crippen molar-refractivity contribution in [3.05, 3.63) is 12.2 Å². The van der Waals surface area contributed by atoms with E-state index in [0.717, 1.165) is 19.4 Å². The van der Waals surface area contributed by atoms with Gasteiger partial charge in [0.2, 0.25) is 0 Å². The second-order valence-electron chi connectivity index (χ2n) is 9.58. The average molecular weight is 484 g/mol. The number of carboxylic acid groups (broad SMARTS) is 3. The van der Waals surface area contributed by atoms with Gasteiger partial charge in [-0.3, -0.25) is 9.59 Å². The third-order valence-corrected chi connectivity index (χ3v) is 6.43. The van der Waals surface area contributed by atoms with E-state index in [1.54, 1.807) is 0 Å². The summed E-state index contributed by atoms with van der Waals surface area (Å²) in [6, 6.07) is 0. The Balaban J connectivity index is 4.45. The van der Waals surface area contributed by atoms with Gasteiger partial charge in [0.05, 0.1) is 39.0 Å². The number of allylic oxidation sites excluding steroid dienone is 2. The molecular weight excluding hydrogens is 434 g/mol. The maximum absolute atomic E-state index is 11.0. The number of carbonyl (C=O) groups excluding carboxylic acids is 1. The van der Waals surface area contributed by atoms with Gasteiger partial charge in [0, 0.05) is 25.2 Å². The number of hydrogen-bond donors (Lipinski definition) is 2. The minimum Gasteiger partial charge on any atom is -0.550 e. The molecule has 0 saturated carbocycles. The highest BCUT2D eigenvalue weighted by Crippen LogP contribution is 2.18. The van der Waals surface area contributed by atoms with Gasteiger partial charge in [-0.2, -0.15) is 0 Å². The van der Waals surface area contributed by atoms with E-state index in [1.165, 1.54) is 57.8 Å². The molecule has 198 valence electrons. The largest absolute Gasteiger partial charge is 0.550 e. The van der Waals surface area contributed by atoms with Gasteiger partial charge in [0.1, 0.15) is 0 Å². The fraction of sp³-hybridized carbons (Fsp3) is 0.815. The Labute approximate surface area is 206 Å². The van der Waals surface area contributed by atoms with Crippen LogP contribution < -0.4 is 5.11 Å². The molecule has 7 heteroatoms. The van der Waals surface area contributed by atoms with Crippen molar-refractivity contribution in [2.75, 3.05) is 26.2 Å². The first-order valence-corrected chi connectivity index (χ1v) is 13.4. The Morgan fingerprint density at radius 1 is 0.618 bits per heavy atom. The molecule has 2 N–H and O–H groups in total. The summed E-state index contributed by atoms with van der Waals surface area (Å²) in [6.07, 6.45) is 19.3. The Bertz CT molecular complexity index is 525. The van der Waals surface area contributed by atoms with Crippen molar-refractivity contribution in [1.82, 2.24) is 0 Å². The maximum Gasteiger partial charge on any atom is 0.303 e. The lowest BCUT2D eigenvalue weighted by molar-refractivity contribution is -0.929. The molecule has 0 rings (SSSR count). The molecule has 0 aliphatic carbocycles. The second kappa shape index (κ2) is 21.6. The van der Waals surface area contributed by atoms with Crippen molar-refractivity contribution in [3.8, 4) is 0 Å². The van der Waals surface area contributed by atoms with Crippen LogP contribution in [0, 0.1) is 0 Å². The lowest BCUT2D eigenvalue weighted by Gasteiger charge is -2.39. The Kier molecular flexibility index (Phi) is 20.4. The van der Waals surface area contributed by atoms with E-state index in [-0.39, 0.29) is 19.3 Å². The highest BCUT2D eigenvalue weighted by molar-refractivity contribution is 5.66. The van der Waals surface area contributed by atoms with Gasteiger partial charge in [0.15, 0.2) is 0 Å². The van der Waals surface area contributed by atoms with Crippen molar-refractivity contribution in [2.24, 2.45) is 0 Å². The summed E-state index contributed by atoms with van der Waals surface area (Å²) >= 11 is 0. The number of quaternary nitrogens is 1. The average Bonchev–Trinajstić information content (AvgIpc) is 2.76. The van der Waals surface area contributed by atoms with E-state index in [0.29, 0.717) is 43.4 Å². The lowest BCUT2D eigenvalue weighted by atomic mass is 10.1. The second-order valence-corrected chi connectivity index (χ2v) is 9.58. The summed E-state index contributed by atoms with van der Waals surface area (Å²) in [7, 11) is 0. The fourth-order valence-corrected chi connectivity index (χ4v) is 4.53. The van der Waals surface area contributed by atoms with Crippen LogP contribution in [0.4, 0.5) is 0 Å². The van der Waals surface area contributed by atoms with E-state index in [1.807, 2.05) is 0 Å². The Morgan fingerprint density at radius 2 is 1.03 bits per heavy atom. The molecule has 0 aliphatic heterocycles. The summed E-state index contributed by atoms with van der Waals surface area (Å²) in [5, 5.41) is 29.0. The van der Waals surface area contributed by atoms with Crippen LogP contribution in [0.15, 0.2) is 12.2 Å². The van der Waals surface area contributed by atoms with Crippen LogP contribution in [0.1, 0.15) is 116 Å². The number of hydrogen-bond acceptors (Lipinski definition) is 4. The maximum atomic E-state index is 11.0. The van der Waals surface area contributed by atoms with E-state index in [4.69, 9.17) is 10.2 Å². The van der Waals surface area contributed by atoms with Gasteiger partial charge >= 0.3 is 11.9 Å². The van der Waals surface area contributed by atoms with Crippen molar-refractivity contribution in [3.63, 3.8) is 0 Å². The zero-order chi connectivity index (χ0) is 25.5. The van der Waals surface area contributed by atoms with Crippen molar-refractivity contribution in [1.29, 1.82) is 0 Å². The predicted molar refractivity (Wildman–Crippen MR) is 133 cm³/mol. The highest BCUT2D eigenvalue weighted by atomic mass is 16.4. The van der Waals surface area contributed by atoms with Crippen LogP contribution in [-0.2, 0) is 14.4 Å². The van der Waals surface area contributed by atoms with Gasteiger partial charge in [-0.1, -0.05) is 57.6 Å². The van der Waals surface area contributed by atoms with Crippen LogP contribution in [0.3, 0.4) is 0 Å². The minimum atomic E-state index is -1.08. The topological polar surface area (TPSA) is 115 Å². The summed E-state index contributed by atoms with van der Waals surface area (Å²) in [4.78, 5) is 32.9. The molecule has 0 saturated heterocycles. The smallest absolute Gasteiger partial charge is 0.303 e. The first kappa shape index (κ1) is 32.1. The lowest BCUT2D eigenvalue weighted by Crippen LogP contribution is -2.51. The van der Waals surface area contributed by atoms with Gasteiger partial charge in [-0.15, -0.1) is 0 Å². The zero-order valence-electron chi connectivity index (χ0n) is 21.5. The van der Waals surface area contributed by atoms with Gasteiger partial charge in [-0.05, 0) is 38.5 Å². The highest BCUT2D eigenvalue weighted by Gasteiger charge is 2.26. The number of unbranched alkanes of at least 4 members (excludes halogenated alkanes) is 9. The summed E-state index contributed by atoms with van der Waals surface area (Å²) in [5.74, 6) is -2.75. The predicted octanol–water partition coefficient (Wildman–Crippen LogP) is 4.93. The van der Waals surface area contributed by atoms with E-state index >= 15 is 0 Å². The standard InChI is InChI=1S/C27H49NO6/c1-2-3-4-5-6-7-8-9-10-11-12-13-14-21-28(22-15-18-25(29)30,23-16-19-26(31)32)24-17-20-27(33)34/h4-5H,2-3,6-24H2,1H3,(H2-,29,30,31,32,33,34)/b5-4+. The van der Waals surface area contributed by atoms with Crippen LogP contribution in [0.5, 0.6) is 0 Å². The molecule has 0 aromatic carbocycles. The molecule has 0 amide bonds. The quantitative estimate of drug-likeness (QED) is 0.108. The monoisotopic (exact) mass is 483 g/mol. The molecule has 0 atom stereocenters. The molecule has 0 aromatic heterocycles. The molecule has 7 nitrogen and oxygen atoms in total. The Morgan fingerprint density at radius 3 is 1.50 bits per heavy atom. The van der Waals surface area contributed by atoms with Gasteiger partial charge < -0.3 is 24.6 Å². The Hall–Kier alpha value is -1.89. The number of carboxylic acids is 3. The van der Waals surface area contributed by atoms with Crippen molar-refractivity contribution >= 4 is 17.9 Å². The number of aliphatic carboxylic acids is 3. The summed E-state index contributed by atoms with van der Waals surface area (Å²) in [5.41, 5.74) is 0. The first-order valence-electron chi connectivity index (χ1n) is 13.4. The van der Waals surface area contributed by atoms with Crippen LogP contribution in [0.2, 0.25) is 0 Å². The molecule has 0 unspecified atom stereocenters. The van der Waals surface area contributed by atoms with Crippen molar-refractivity contribution in [2.45, 2.75) is 116 Å². The third kappa shape index (κ3) is 20.7. The van der Waals surface area contributed by atoms with Gasteiger partial charge in [0.25, 0.3) is 0 Å². The number of rotatable bonds is 25. The molecule has 0 aliphatic rings. The van der Waals surface area contributed by atoms with E-state index in [9.17, 15) is 19.5 Å². The third-order valence-electron chi connectivity index (χ3n) is 6.43. The van der Waals surface area contributed by atoms with Gasteiger partial charge in [-0.25, -0.2) is 0 Å². The first-order chi connectivity index (χ1) is 16.3. The molecule has 0 spiro atoms. The molecule has 34 heavy (non-hydrogen) atoms. The van der Waals surface area contributed by atoms with E-state index < -0.39 is 17.9 Å². The number of nitrogens with zero attached hydrogens (tertiary/aromatic N) is 1. The molecular formula is C27H49NO6. The van der Waals surface area contributed by atoms with Crippen LogP contribution in [0.25, 0.3) is 0 Å². The fourth-order valence-electron chi connectivity index (χ4n) is 4.53. The summed E-state index contributed by atoms with van der Waals surface area (Å²) in [6.45, 7) is 4.95.